The van der Waals surface area contributed by atoms with Crippen LogP contribution in [0.3, 0.4) is 0 Å². The minimum atomic E-state index is 0.902. The van der Waals surface area contributed by atoms with E-state index >= 15 is 0 Å². The standard InChI is InChI=1S/C12H19BrN2/c1-4-15(5-2)11-7-6-10(9-14-3)12(13)8-11/h6-8,14H,4-5,9H2,1-3H3. The highest BCUT2D eigenvalue weighted by molar-refractivity contribution is 9.10. The van der Waals surface area contributed by atoms with Crippen molar-refractivity contribution in [3.8, 4) is 0 Å². The van der Waals surface area contributed by atoms with E-state index in [0.29, 0.717) is 0 Å². The van der Waals surface area contributed by atoms with Gasteiger partial charge < -0.3 is 10.2 Å². The summed E-state index contributed by atoms with van der Waals surface area (Å²) in [6.07, 6.45) is 0. The van der Waals surface area contributed by atoms with Crippen LogP contribution in [0.1, 0.15) is 19.4 Å². The van der Waals surface area contributed by atoms with E-state index in [0.717, 1.165) is 19.6 Å². The number of nitrogens with one attached hydrogen (secondary N) is 1. The summed E-state index contributed by atoms with van der Waals surface area (Å²) in [7, 11) is 1.96. The Balaban J connectivity index is 2.89. The van der Waals surface area contributed by atoms with E-state index < -0.39 is 0 Å². The smallest absolute Gasteiger partial charge is 0.0377 e. The van der Waals surface area contributed by atoms with Crippen molar-refractivity contribution in [2.45, 2.75) is 20.4 Å². The topological polar surface area (TPSA) is 15.3 Å². The zero-order chi connectivity index (χ0) is 11.3. The summed E-state index contributed by atoms with van der Waals surface area (Å²) in [5.74, 6) is 0. The van der Waals surface area contributed by atoms with Crippen LogP contribution in [0.5, 0.6) is 0 Å². The normalized spacial score (nSPS) is 10.4. The van der Waals surface area contributed by atoms with Gasteiger partial charge in [-0.15, -0.1) is 0 Å². The zero-order valence-electron chi connectivity index (χ0n) is 9.68. The summed E-state index contributed by atoms with van der Waals surface area (Å²) in [5, 5.41) is 3.16. The molecule has 0 saturated carbocycles. The fourth-order valence-electron chi connectivity index (χ4n) is 1.66. The Kier molecular flexibility index (Phi) is 5.12. The fourth-order valence-corrected chi connectivity index (χ4v) is 2.16. The Morgan fingerprint density at radius 3 is 2.40 bits per heavy atom. The summed E-state index contributed by atoms with van der Waals surface area (Å²) in [6.45, 7) is 7.36. The summed E-state index contributed by atoms with van der Waals surface area (Å²) < 4.78 is 1.18. The molecular weight excluding hydrogens is 252 g/mol. The molecule has 0 unspecified atom stereocenters. The van der Waals surface area contributed by atoms with E-state index in [1.165, 1.54) is 15.7 Å². The molecule has 0 fully saturated rings. The quantitative estimate of drug-likeness (QED) is 0.885. The van der Waals surface area contributed by atoms with Crippen LogP contribution in [0, 0.1) is 0 Å². The molecule has 1 aromatic rings. The summed E-state index contributed by atoms with van der Waals surface area (Å²) in [4.78, 5) is 2.34. The average molecular weight is 271 g/mol. The number of hydrogen-bond acceptors (Lipinski definition) is 2. The van der Waals surface area contributed by atoms with Gasteiger partial charge in [-0.05, 0) is 38.6 Å². The molecule has 1 N–H and O–H groups in total. The van der Waals surface area contributed by atoms with Crippen molar-refractivity contribution in [3.63, 3.8) is 0 Å². The number of halogens is 1. The predicted molar refractivity (Wildman–Crippen MR) is 70.5 cm³/mol. The lowest BCUT2D eigenvalue weighted by Gasteiger charge is -2.21. The van der Waals surface area contributed by atoms with Crippen LogP contribution in [0.4, 0.5) is 5.69 Å². The second kappa shape index (κ2) is 6.13. The molecule has 0 aromatic heterocycles. The average Bonchev–Trinajstić information content (AvgIpc) is 2.24. The fraction of sp³-hybridized carbons (Fsp3) is 0.500. The van der Waals surface area contributed by atoms with E-state index in [2.05, 4.69) is 58.2 Å². The monoisotopic (exact) mass is 270 g/mol. The second-order valence-corrected chi connectivity index (χ2v) is 4.33. The molecule has 0 heterocycles. The predicted octanol–water partition coefficient (Wildman–Crippen LogP) is 3.01. The van der Waals surface area contributed by atoms with Crippen molar-refractivity contribution >= 4 is 21.6 Å². The molecule has 0 atom stereocenters. The van der Waals surface area contributed by atoms with Crippen LogP contribution < -0.4 is 10.2 Å². The van der Waals surface area contributed by atoms with Crippen molar-refractivity contribution in [2.24, 2.45) is 0 Å². The van der Waals surface area contributed by atoms with Gasteiger partial charge in [-0.1, -0.05) is 22.0 Å². The molecule has 15 heavy (non-hydrogen) atoms. The maximum absolute atomic E-state index is 3.61. The van der Waals surface area contributed by atoms with Crippen LogP contribution in [-0.2, 0) is 6.54 Å². The molecule has 0 amide bonds. The molecular formula is C12H19BrN2. The maximum Gasteiger partial charge on any atom is 0.0377 e. The highest BCUT2D eigenvalue weighted by Crippen LogP contribution is 2.24. The molecule has 0 aliphatic carbocycles. The molecule has 0 aliphatic rings. The van der Waals surface area contributed by atoms with Crippen LogP contribution in [0.2, 0.25) is 0 Å². The first-order chi connectivity index (χ1) is 7.22. The first-order valence-electron chi connectivity index (χ1n) is 5.40. The molecule has 2 nitrogen and oxygen atoms in total. The van der Waals surface area contributed by atoms with Crippen molar-refractivity contribution in [1.82, 2.24) is 5.32 Å². The number of rotatable bonds is 5. The zero-order valence-corrected chi connectivity index (χ0v) is 11.3. The molecule has 0 aliphatic heterocycles. The van der Waals surface area contributed by atoms with Crippen molar-refractivity contribution < 1.29 is 0 Å². The number of nitrogens with zero attached hydrogens (tertiary/aromatic N) is 1. The van der Waals surface area contributed by atoms with Gasteiger partial charge in [0, 0.05) is 29.8 Å². The third-order valence-corrected chi connectivity index (χ3v) is 3.27. The van der Waals surface area contributed by atoms with Gasteiger partial charge in [-0.3, -0.25) is 0 Å². The molecule has 0 radical (unpaired) electrons. The Hall–Kier alpha value is -0.540. The Morgan fingerprint density at radius 1 is 1.27 bits per heavy atom. The lowest BCUT2D eigenvalue weighted by atomic mass is 10.2. The van der Waals surface area contributed by atoms with Gasteiger partial charge in [0.25, 0.3) is 0 Å². The van der Waals surface area contributed by atoms with Crippen LogP contribution in [0.25, 0.3) is 0 Å². The second-order valence-electron chi connectivity index (χ2n) is 3.48. The molecule has 0 bridgehead atoms. The molecule has 0 saturated heterocycles. The van der Waals surface area contributed by atoms with Gasteiger partial charge in [0.1, 0.15) is 0 Å². The van der Waals surface area contributed by atoms with E-state index in [-0.39, 0.29) is 0 Å². The molecule has 1 aromatic carbocycles. The van der Waals surface area contributed by atoms with Gasteiger partial charge in [0.15, 0.2) is 0 Å². The van der Waals surface area contributed by atoms with Crippen LogP contribution >= 0.6 is 15.9 Å². The van der Waals surface area contributed by atoms with E-state index in [4.69, 9.17) is 0 Å². The van der Waals surface area contributed by atoms with Gasteiger partial charge in [-0.25, -0.2) is 0 Å². The third kappa shape index (κ3) is 3.21. The third-order valence-electron chi connectivity index (χ3n) is 2.53. The molecule has 1 rings (SSSR count). The number of hydrogen-bond donors (Lipinski definition) is 1. The molecule has 3 heteroatoms. The van der Waals surface area contributed by atoms with Crippen molar-refractivity contribution in [3.05, 3.63) is 28.2 Å². The molecule has 84 valence electrons. The summed E-state index contributed by atoms with van der Waals surface area (Å²) >= 11 is 3.61. The molecule has 0 spiro atoms. The van der Waals surface area contributed by atoms with Crippen molar-refractivity contribution in [1.29, 1.82) is 0 Å². The van der Waals surface area contributed by atoms with Crippen LogP contribution in [-0.4, -0.2) is 20.1 Å². The lowest BCUT2D eigenvalue weighted by molar-refractivity contribution is 0.812. The Labute approximate surface area is 101 Å². The number of anilines is 1. The first-order valence-corrected chi connectivity index (χ1v) is 6.20. The summed E-state index contributed by atoms with van der Waals surface area (Å²) in [6, 6.07) is 6.55. The lowest BCUT2D eigenvalue weighted by Crippen LogP contribution is -2.21. The van der Waals surface area contributed by atoms with Gasteiger partial charge in [0.05, 0.1) is 0 Å². The van der Waals surface area contributed by atoms with E-state index in [9.17, 15) is 0 Å². The van der Waals surface area contributed by atoms with E-state index in [1.807, 2.05) is 7.05 Å². The van der Waals surface area contributed by atoms with Crippen LogP contribution in [0.15, 0.2) is 22.7 Å². The summed E-state index contributed by atoms with van der Waals surface area (Å²) in [5.41, 5.74) is 2.58. The highest BCUT2D eigenvalue weighted by Gasteiger charge is 2.04. The Bertz CT molecular complexity index is 308. The minimum absolute atomic E-state index is 0.902. The Morgan fingerprint density at radius 2 is 1.93 bits per heavy atom. The first kappa shape index (κ1) is 12.5. The largest absolute Gasteiger partial charge is 0.372 e. The van der Waals surface area contributed by atoms with Gasteiger partial charge >= 0.3 is 0 Å². The SMILES string of the molecule is CCN(CC)c1ccc(CNC)c(Br)c1. The number of benzene rings is 1. The van der Waals surface area contributed by atoms with Gasteiger partial charge in [-0.2, -0.15) is 0 Å². The van der Waals surface area contributed by atoms with E-state index in [1.54, 1.807) is 0 Å². The highest BCUT2D eigenvalue weighted by atomic mass is 79.9. The minimum Gasteiger partial charge on any atom is -0.372 e. The van der Waals surface area contributed by atoms with Gasteiger partial charge in [0.2, 0.25) is 0 Å². The maximum atomic E-state index is 3.61. The van der Waals surface area contributed by atoms with Crippen molar-refractivity contribution in [2.75, 3.05) is 25.0 Å².